The molecule has 1 aliphatic heterocycles. The Bertz CT molecular complexity index is 399. The second-order valence-corrected chi connectivity index (χ2v) is 6.26. The van der Waals surface area contributed by atoms with Gasteiger partial charge in [-0.2, -0.15) is 0 Å². The number of benzene rings is 1. The fraction of sp³-hybridized carbons (Fsp3) is 0.600. The Balaban J connectivity index is 2.34. The first kappa shape index (κ1) is 11.5. The van der Waals surface area contributed by atoms with Gasteiger partial charge in [0, 0.05) is 12.2 Å². The van der Waals surface area contributed by atoms with Crippen LogP contribution in [-0.2, 0) is 6.42 Å². The summed E-state index contributed by atoms with van der Waals surface area (Å²) in [7, 11) is 0. The zero-order chi connectivity index (χ0) is 11.9. The summed E-state index contributed by atoms with van der Waals surface area (Å²) < 4.78 is 0. The zero-order valence-corrected chi connectivity index (χ0v) is 11.1. The van der Waals surface area contributed by atoms with E-state index in [1.807, 2.05) is 0 Å². The SMILES string of the molecule is Cc1cc(C)c2c(c1)NCC(C(C)(C)C)C2. The fourth-order valence-electron chi connectivity index (χ4n) is 2.59. The molecule has 0 aliphatic carbocycles. The first-order valence-corrected chi connectivity index (χ1v) is 6.22. The van der Waals surface area contributed by atoms with E-state index in [9.17, 15) is 0 Å². The number of anilines is 1. The van der Waals surface area contributed by atoms with Crippen molar-refractivity contribution in [3.63, 3.8) is 0 Å². The van der Waals surface area contributed by atoms with Crippen molar-refractivity contribution in [1.82, 2.24) is 0 Å². The van der Waals surface area contributed by atoms with Crippen LogP contribution in [0.4, 0.5) is 5.69 Å². The Kier molecular flexibility index (Phi) is 2.73. The van der Waals surface area contributed by atoms with E-state index in [1.54, 1.807) is 0 Å². The quantitative estimate of drug-likeness (QED) is 0.694. The lowest BCUT2D eigenvalue weighted by Crippen LogP contribution is -2.33. The average molecular weight is 217 g/mol. The lowest BCUT2D eigenvalue weighted by Gasteiger charge is -2.36. The summed E-state index contributed by atoms with van der Waals surface area (Å²) in [4.78, 5) is 0. The summed E-state index contributed by atoms with van der Waals surface area (Å²) in [5.74, 6) is 0.737. The molecule has 1 aromatic rings. The highest BCUT2D eigenvalue weighted by molar-refractivity contribution is 5.58. The van der Waals surface area contributed by atoms with Crippen molar-refractivity contribution in [2.75, 3.05) is 11.9 Å². The third kappa shape index (κ3) is 2.09. The molecule has 0 aromatic heterocycles. The second-order valence-electron chi connectivity index (χ2n) is 6.26. The topological polar surface area (TPSA) is 12.0 Å². The molecular formula is C15H23N. The number of rotatable bonds is 0. The zero-order valence-electron chi connectivity index (χ0n) is 11.1. The van der Waals surface area contributed by atoms with Crippen molar-refractivity contribution < 1.29 is 0 Å². The minimum atomic E-state index is 0.391. The Labute approximate surface area is 99.3 Å². The van der Waals surface area contributed by atoms with Crippen molar-refractivity contribution in [2.24, 2.45) is 11.3 Å². The highest BCUT2D eigenvalue weighted by Gasteiger charge is 2.29. The normalized spacial score (nSPS) is 20.2. The number of fused-ring (bicyclic) bond motifs is 1. The summed E-state index contributed by atoms with van der Waals surface area (Å²) in [5, 5.41) is 3.60. The Morgan fingerprint density at radius 1 is 1.19 bits per heavy atom. The summed E-state index contributed by atoms with van der Waals surface area (Å²) in [5.41, 5.74) is 6.08. The molecule has 16 heavy (non-hydrogen) atoms. The Hall–Kier alpha value is -0.980. The smallest absolute Gasteiger partial charge is 0.0378 e. The van der Waals surface area contributed by atoms with Crippen LogP contribution in [0.15, 0.2) is 12.1 Å². The van der Waals surface area contributed by atoms with Crippen LogP contribution in [0.3, 0.4) is 0 Å². The maximum absolute atomic E-state index is 3.60. The predicted octanol–water partition coefficient (Wildman–Crippen LogP) is 3.93. The summed E-state index contributed by atoms with van der Waals surface area (Å²) in [6.45, 7) is 12.5. The first-order chi connectivity index (χ1) is 7.38. The van der Waals surface area contributed by atoms with Gasteiger partial charge in [0.1, 0.15) is 0 Å². The molecule has 1 unspecified atom stereocenters. The molecule has 1 heterocycles. The lowest BCUT2D eigenvalue weighted by molar-refractivity contribution is 0.247. The first-order valence-electron chi connectivity index (χ1n) is 6.22. The molecule has 88 valence electrons. The standard InChI is InChI=1S/C15H23N/c1-10-6-11(2)13-8-12(15(3,4)5)9-16-14(13)7-10/h6-7,12,16H,8-9H2,1-5H3. The fourth-order valence-corrected chi connectivity index (χ4v) is 2.59. The van der Waals surface area contributed by atoms with Crippen LogP contribution in [0.5, 0.6) is 0 Å². The van der Waals surface area contributed by atoms with Gasteiger partial charge < -0.3 is 5.32 Å². The maximum atomic E-state index is 3.60. The minimum absolute atomic E-state index is 0.391. The summed E-state index contributed by atoms with van der Waals surface area (Å²) >= 11 is 0. The summed E-state index contributed by atoms with van der Waals surface area (Å²) in [6, 6.07) is 4.58. The van der Waals surface area contributed by atoms with E-state index in [0.717, 1.165) is 12.5 Å². The molecule has 2 rings (SSSR count). The molecule has 0 amide bonds. The van der Waals surface area contributed by atoms with E-state index in [2.05, 4.69) is 52.1 Å². The van der Waals surface area contributed by atoms with Gasteiger partial charge in [-0.15, -0.1) is 0 Å². The van der Waals surface area contributed by atoms with Crippen molar-refractivity contribution in [3.05, 3.63) is 28.8 Å². The van der Waals surface area contributed by atoms with Crippen LogP contribution in [0.25, 0.3) is 0 Å². The highest BCUT2D eigenvalue weighted by Crippen LogP contribution is 2.36. The van der Waals surface area contributed by atoms with Crippen LogP contribution >= 0.6 is 0 Å². The molecule has 1 heteroatoms. The van der Waals surface area contributed by atoms with Gasteiger partial charge in [0.25, 0.3) is 0 Å². The highest BCUT2D eigenvalue weighted by atomic mass is 14.9. The van der Waals surface area contributed by atoms with Gasteiger partial charge in [-0.1, -0.05) is 26.8 Å². The molecule has 0 radical (unpaired) electrons. The molecule has 0 saturated carbocycles. The molecule has 0 bridgehead atoms. The lowest BCUT2D eigenvalue weighted by atomic mass is 9.74. The van der Waals surface area contributed by atoms with Gasteiger partial charge in [-0.3, -0.25) is 0 Å². The van der Waals surface area contributed by atoms with E-state index in [1.165, 1.54) is 28.8 Å². The Morgan fingerprint density at radius 2 is 1.88 bits per heavy atom. The molecule has 1 aromatic carbocycles. The van der Waals surface area contributed by atoms with Gasteiger partial charge in [0.2, 0.25) is 0 Å². The van der Waals surface area contributed by atoms with Crippen LogP contribution in [0.2, 0.25) is 0 Å². The van der Waals surface area contributed by atoms with Gasteiger partial charge in [-0.05, 0) is 54.4 Å². The van der Waals surface area contributed by atoms with Crippen molar-refractivity contribution in [2.45, 2.75) is 41.0 Å². The molecule has 1 aliphatic rings. The van der Waals surface area contributed by atoms with Crippen molar-refractivity contribution in [1.29, 1.82) is 0 Å². The van der Waals surface area contributed by atoms with E-state index in [4.69, 9.17) is 0 Å². The average Bonchev–Trinajstić information content (AvgIpc) is 2.15. The third-order valence-corrected chi connectivity index (χ3v) is 3.83. The predicted molar refractivity (Wildman–Crippen MR) is 71.1 cm³/mol. The largest absolute Gasteiger partial charge is 0.384 e. The van der Waals surface area contributed by atoms with Gasteiger partial charge in [0.05, 0.1) is 0 Å². The van der Waals surface area contributed by atoms with E-state index < -0.39 is 0 Å². The number of nitrogens with one attached hydrogen (secondary N) is 1. The van der Waals surface area contributed by atoms with Crippen molar-refractivity contribution >= 4 is 5.69 Å². The monoisotopic (exact) mass is 217 g/mol. The molecule has 0 fully saturated rings. The minimum Gasteiger partial charge on any atom is -0.384 e. The third-order valence-electron chi connectivity index (χ3n) is 3.83. The number of hydrogen-bond donors (Lipinski definition) is 1. The van der Waals surface area contributed by atoms with Gasteiger partial charge >= 0.3 is 0 Å². The van der Waals surface area contributed by atoms with Gasteiger partial charge in [0.15, 0.2) is 0 Å². The molecule has 0 saturated heterocycles. The molecule has 1 N–H and O–H groups in total. The van der Waals surface area contributed by atoms with Crippen LogP contribution < -0.4 is 5.32 Å². The van der Waals surface area contributed by atoms with Crippen molar-refractivity contribution in [3.8, 4) is 0 Å². The molecule has 0 spiro atoms. The van der Waals surface area contributed by atoms with E-state index in [0.29, 0.717) is 5.41 Å². The van der Waals surface area contributed by atoms with Gasteiger partial charge in [-0.25, -0.2) is 0 Å². The van der Waals surface area contributed by atoms with Crippen LogP contribution in [0, 0.1) is 25.2 Å². The van der Waals surface area contributed by atoms with Crippen LogP contribution in [-0.4, -0.2) is 6.54 Å². The van der Waals surface area contributed by atoms with E-state index in [-0.39, 0.29) is 0 Å². The summed E-state index contributed by atoms with van der Waals surface area (Å²) in [6.07, 6.45) is 1.22. The maximum Gasteiger partial charge on any atom is 0.0378 e. The second kappa shape index (κ2) is 3.80. The molecular weight excluding hydrogens is 194 g/mol. The number of aryl methyl sites for hydroxylation is 2. The van der Waals surface area contributed by atoms with E-state index >= 15 is 0 Å². The number of hydrogen-bond acceptors (Lipinski definition) is 1. The molecule has 1 nitrogen and oxygen atoms in total. The van der Waals surface area contributed by atoms with Crippen LogP contribution in [0.1, 0.15) is 37.5 Å². The molecule has 1 atom stereocenters. The Morgan fingerprint density at radius 3 is 2.50 bits per heavy atom.